The molecule has 0 aromatic rings. The molecule has 8 nitrogen and oxygen atoms in total. The summed E-state index contributed by atoms with van der Waals surface area (Å²) in [6.45, 7) is 1.09. The molecule has 2 saturated heterocycles. The molecule has 2 heterocycles. The summed E-state index contributed by atoms with van der Waals surface area (Å²) in [5, 5.41) is 5.88. The lowest BCUT2D eigenvalue weighted by Gasteiger charge is -2.17. The van der Waals surface area contributed by atoms with E-state index in [0.717, 1.165) is 0 Å². The molecular formula is C17H26N4O4. The summed E-state index contributed by atoms with van der Waals surface area (Å²) in [6.07, 6.45) is 2.60. The summed E-state index contributed by atoms with van der Waals surface area (Å²) in [5.74, 6) is -0.372. The van der Waals surface area contributed by atoms with Crippen LogP contribution in [0.15, 0.2) is 0 Å². The minimum atomic E-state index is -0.176. The predicted octanol–water partition coefficient (Wildman–Crippen LogP) is -0.903. The monoisotopic (exact) mass is 350 g/mol. The molecule has 8 heteroatoms. The van der Waals surface area contributed by atoms with E-state index in [1.54, 1.807) is 23.9 Å². The van der Waals surface area contributed by atoms with Crippen molar-refractivity contribution in [3.05, 3.63) is 0 Å². The van der Waals surface area contributed by atoms with Gasteiger partial charge in [0.2, 0.25) is 23.6 Å². The summed E-state index contributed by atoms with van der Waals surface area (Å²) in [7, 11) is 3.46. The second-order valence-corrected chi connectivity index (χ2v) is 7.57. The number of likely N-dealkylation sites (N-methyl/N-ethyl adjacent to an activating group) is 2. The van der Waals surface area contributed by atoms with Crippen LogP contribution in [0, 0.1) is 11.8 Å². The van der Waals surface area contributed by atoms with E-state index in [1.807, 2.05) is 0 Å². The van der Waals surface area contributed by atoms with Crippen molar-refractivity contribution in [1.29, 1.82) is 0 Å². The number of amides is 4. The van der Waals surface area contributed by atoms with Crippen LogP contribution in [0.2, 0.25) is 0 Å². The highest BCUT2D eigenvalue weighted by Gasteiger charge is 2.37. The molecule has 0 bridgehead atoms. The minimum Gasteiger partial charge on any atom is -0.351 e. The maximum Gasteiger partial charge on any atom is 0.224 e. The van der Waals surface area contributed by atoms with Crippen LogP contribution in [0.1, 0.15) is 32.1 Å². The summed E-state index contributed by atoms with van der Waals surface area (Å²) in [6, 6.07) is -0.254. The number of hydrogen-bond donors (Lipinski definition) is 2. The van der Waals surface area contributed by atoms with E-state index in [0.29, 0.717) is 45.2 Å². The maximum absolute atomic E-state index is 12.4. The lowest BCUT2D eigenvalue weighted by atomic mass is 10.0. The average Bonchev–Trinajstić information content (AvgIpc) is 3.21. The summed E-state index contributed by atoms with van der Waals surface area (Å²) >= 11 is 0. The van der Waals surface area contributed by atoms with Gasteiger partial charge in [-0.2, -0.15) is 0 Å². The van der Waals surface area contributed by atoms with E-state index < -0.39 is 0 Å². The first-order chi connectivity index (χ1) is 11.8. The smallest absolute Gasteiger partial charge is 0.224 e. The van der Waals surface area contributed by atoms with Crippen LogP contribution in [0.3, 0.4) is 0 Å². The lowest BCUT2D eigenvalue weighted by molar-refractivity contribution is -0.127. The second-order valence-electron chi connectivity index (χ2n) is 7.57. The first kappa shape index (κ1) is 17.7. The van der Waals surface area contributed by atoms with E-state index in [-0.39, 0.29) is 47.5 Å². The molecule has 138 valence electrons. The van der Waals surface area contributed by atoms with Crippen molar-refractivity contribution in [3.8, 4) is 0 Å². The molecule has 2 unspecified atom stereocenters. The Balaban J connectivity index is 1.45. The molecule has 0 aromatic carbocycles. The van der Waals surface area contributed by atoms with Gasteiger partial charge in [0.25, 0.3) is 0 Å². The van der Waals surface area contributed by atoms with Gasteiger partial charge in [-0.15, -0.1) is 0 Å². The fourth-order valence-corrected chi connectivity index (χ4v) is 4.02. The van der Waals surface area contributed by atoms with Gasteiger partial charge in [0.1, 0.15) is 0 Å². The van der Waals surface area contributed by atoms with Gasteiger partial charge in [-0.1, -0.05) is 0 Å². The third-order valence-corrected chi connectivity index (χ3v) is 5.55. The molecule has 3 aliphatic rings. The van der Waals surface area contributed by atoms with Crippen molar-refractivity contribution in [2.24, 2.45) is 11.8 Å². The Kier molecular flexibility index (Phi) is 4.96. The zero-order chi connectivity index (χ0) is 18.1. The Morgan fingerprint density at radius 3 is 1.56 bits per heavy atom. The van der Waals surface area contributed by atoms with Crippen LogP contribution in [-0.2, 0) is 19.2 Å². The van der Waals surface area contributed by atoms with E-state index in [2.05, 4.69) is 10.6 Å². The largest absolute Gasteiger partial charge is 0.351 e. The SMILES string of the molecule is CN1CC(NC(=O)[C@@H]2CC[C@H](C(=O)NC3CC(=O)N(C)C3)C2)CC1=O. The van der Waals surface area contributed by atoms with E-state index in [9.17, 15) is 19.2 Å². The normalized spacial score (nSPS) is 32.4. The fraction of sp³-hybridized carbons (Fsp3) is 0.765. The third-order valence-electron chi connectivity index (χ3n) is 5.55. The lowest BCUT2D eigenvalue weighted by Crippen LogP contribution is -2.41. The molecule has 0 radical (unpaired) electrons. The molecule has 1 saturated carbocycles. The van der Waals surface area contributed by atoms with Crippen LogP contribution in [-0.4, -0.2) is 72.7 Å². The molecule has 25 heavy (non-hydrogen) atoms. The first-order valence-electron chi connectivity index (χ1n) is 8.92. The van der Waals surface area contributed by atoms with Crippen LogP contribution < -0.4 is 10.6 Å². The molecule has 3 fully saturated rings. The summed E-state index contributed by atoms with van der Waals surface area (Å²) in [5.41, 5.74) is 0. The highest BCUT2D eigenvalue weighted by Crippen LogP contribution is 2.31. The Hall–Kier alpha value is -2.12. The number of nitrogens with one attached hydrogen (secondary N) is 2. The standard InChI is InChI=1S/C17H26N4O4/c1-20-8-12(6-14(20)22)18-16(24)10-3-4-11(5-10)17(25)19-13-7-15(23)21(2)9-13/h10-13H,3-9H2,1-2H3,(H,18,24)(H,19,25)/t10-,11+,12?,13?. The maximum atomic E-state index is 12.4. The quantitative estimate of drug-likeness (QED) is 0.686. The highest BCUT2D eigenvalue weighted by atomic mass is 16.2. The van der Waals surface area contributed by atoms with Gasteiger partial charge in [-0.25, -0.2) is 0 Å². The number of carbonyl (C=O) groups is 4. The van der Waals surface area contributed by atoms with Gasteiger partial charge in [-0.05, 0) is 19.3 Å². The first-order valence-corrected chi connectivity index (χ1v) is 8.92. The molecule has 3 rings (SSSR count). The average molecular weight is 350 g/mol. The number of nitrogens with zero attached hydrogens (tertiary/aromatic N) is 2. The number of hydrogen-bond acceptors (Lipinski definition) is 4. The van der Waals surface area contributed by atoms with Crippen molar-refractivity contribution in [2.45, 2.75) is 44.2 Å². The molecule has 2 aliphatic heterocycles. The van der Waals surface area contributed by atoms with E-state index in [4.69, 9.17) is 0 Å². The Labute approximate surface area is 147 Å². The summed E-state index contributed by atoms with van der Waals surface area (Å²) in [4.78, 5) is 51.1. The van der Waals surface area contributed by atoms with E-state index >= 15 is 0 Å². The molecule has 1 aliphatic carbocycles. The number of carbonyl (C=O) groups excluding carboxylic acids is 4. The minimum absolute atomic E-state index is 0.0463. The predicted molar refractivity (Wildman–Crippen MR) is 89.2 cm³/mol. The Morgan fingerprint density at radius 2 is 1.24 bits per heavy atom. The van der Waals surface area contributed by atoms with Crippen LogP contribution in [0.5, 0.6) is 0 Å². The van der Waals surface area contributed by atoms with Crippen LogP contribution in [0.4, 0.5) is 0 Å². The van der Waals surface area contributed by atoms with Crippen molar-refractivity contribution in [2.75, 3.05) is 27.2 Å². The molecule has 4 amide bonds. The molecular weight excluding hydrogens is 324 g/mol. The van der Waals surface area contributed by atoms with Crippen molar-refractivity contribution in [3.63, 3.8) is 0 Å². The van der Waals surface area contributed by atoms with Gasteiger partial charge in [0.05, 0.1) is 12.1 Å². The van der Waals surface area contributed by atoms with Gasteiger partial charge < -0.3 is 20.4 Å². The molecule has 2 N–H and O–H groups in total. The van der Waals surface area contributed by atoms with Crippen molar-refractivity contribution in [1.82, 2.24) is 20.4 Å². The van der Waals surface area contributed by atoms with E-state index in [1.165, 1.54) is 0 Å². The Bertz CT molecular complexity index is 543. The van der Waals surface area contributed by atoms with Crippen molar-refractivity contribution >= 4 is 23.6 Å². The number of likely N-dealkylation sites (tertiary alicyclic amines) is 2. The Morgan fingerprint density at radius 1 is 0.840 bits per heavy atom. The van der Waals surface area contributed by atoms with Crippen LogP contribution in [0.25, 0.3) is 0 Å². The highest BCUT2D eigenvalue weighted by molar-refractivity contribution is 5.86. The summed E-state index contributed by atoms with van der Waals surface area (Å²) < 4.78 is 0. The van der Waals surface area contributed by atoms with Gasteiger partial charge >= 0.3 is 0 Å². The molecule has 0 spiro atoms. The third kappa shape index (κ3) is 3.93. The zero-order valence-corrected chi connectivity index (χ0v) is 14.8. The number of rotatable bonds is 4. The van der Waals surface area contributed by atoms with Crippen molar-refractivity contribution < 1.29 is 19.2 Å². The zero-order valence-electron chi connectivity index (χ0n) is 14.8. The fourth-order valence-electron chi connectivity index (χ4n) is 4.02. The topological polar surface area (TPSA) is 98.8 Å². The molecule has 0 aromatic heterocycles. The van der Waals surface area contributed by atoms with Gasteiger partial charge in [0.15, 0.2) is 0 Å². The molecule has 4 atom stereocenters. The van der Waals surface area contributed by atoms with Gasteiger partial charge in [0, 0.05) is 51.9 Å². The van der Waals surface area contributed by atoms with Gasteiger partial charge in [-0.3, -0.25) is 19.2 Å². The second kappa shape index (κ2) is 7.01. The van der Waals surface area contributed by atoms with Crippen LogP contribution >= 0.6 is 0 Å².